The first-order valence-corrected chi connectivity index (χ1v) is 4.69. The number of para-hydroxylation sites is 1. The highest BCUT2D eigenvalue weighted by Crippen LogP contribution is 2.23. The molecule has 0 N–H and O–H groups in total. The van der Waals surface area contributed by atoms with E-state index in [0.717, 1.165) is 6.42 Å². The molecule has 0 aromatic heterocycles. The summed E-state index contributed by atoms with van der Waals surface area (Å²) < 4.78 is 0. The lowest BCUT2D eigenvalue weighted by molar-refractivity contribution is 0.918. The second kappa shape index (κ2) is 3.21. The molecule has 1 heterocycles. The van der Waals surface area contributed by atoms with E-state index >= 15 is 0 Å². The maximum Gasteiger partial charge on any atom is 0.129 e. The molecule has 0 saturated carbocycles. The summed E-state index contributed by atoms with van der Waals surface area (Å²) in [6.45, 7) is 2.17. The summed E-state index contributed by atoms with van der Waals surface area (Å²) in [7, 11) is 2.07. The summed E-state index contributed by atoms with van der Waals surface area (Å²) >= 11 is 0. The van der Waals surface area contributed by atoms with Gasteiger partial charge in [0.2, 0.25) is 0 Å². The summed E-state index contributed by atoms with van der Waals surface area (Å²) in [5.41, 5.74) is 1.22. The molecule has 0 aliphatic carbocycles. The zero-order chi connectivity index (χ0) is 9.26. The molecule has 68 valence electrons. The van der Waals surface area contributed by atoms with E-state index in [0.29, 0.717) is 6.04 Å². The third-order valence-corrected chi connectivity index (χ3v) is 2.39. The molecule has 0 spiro atoms. The Labute approximate surface area is 78.9 Å². The third-order valence-electron chi connectivity index (χ3n) is 2.39. The highest BCUT2D eigenvalue weighted by Gasteiger charge is 2.29. The van der Waals surface area contributed by atoms with Crippen molar-refractivity contribution in [3.63, 3.8) is 0 Å². The molecule has 1 atom stereocenters. The lowest BCUT2D eigenvalue weighted by atomic mass is 10.2. The van der Waals surface area contributed by atoms with Gasteiger partial charge in [0.25, 0.3) is 0 Å². The maximum atomic E-state index is 4.39. The van der Waals surface area contributed by atoms with Crippen molar-refractivity contribution in [1.82, 2.24) is 0 Å². The van der Waals surface area contributed by atoms with Crippen LogP contribution in [0.25, 0.3) is 0 Å². The molecule has 13 heavy (non-hydrogen) atoms. The van der Waals surface area contributed by atoms with Crippen molar-refractivity contribution >= 4 is 11.5 Å². The normalized spacial score (nSPS) is 19.5. The molecular weight excluding hydrogens is 160 g/mol. The van der Waals surface area contributed by atoms with Gasteiger partial charge in [-0.1, -0.05) is 25.1 Å². The van der Waals surface area contributed by atoms with Crippen LogP contribution in [0.1, 0.15) is 13.3 Å². The van der Waals surface area contributed by atoms with Gasteiger partial charge in [0.15, 0.2) is 0 Å². The number of hydrogen-bond donors (Lipinski definition) is 0. The monoisotopic (exact) mass is 174 g/mol. The Morgan fingerprint density at radius 2 is 2.00 bits per heavy atom. The van der Waals surface area contributed by atoms with Gasteiger partial charge in [-0.2, -0.15) is 0 Å². The zero-order valence-electron chi connectivity index (χ0n) is 8.07. The topological polar surface area (TPSA) is 15.6 Å². The van der Waals surface area contributed by atoms with Crippen molar-refractivity contribution in [3.05, 3.63) is 30.3 Å². The predicted octanol–water partition coefficient (Wildman–Crippen LogP) is 2.31. The van der Waals surface area contributed by atoms with Crippen LogP contribution in [0.3, 0.4) is 0 Å². The standard InChI is InChI=1S/C11H14N2/c1-3-10-11(12-10)13(2)9-7-5-4-6-8-9/h4-8,10H,3H2,1-2H3. The maximum absolute atomic E-state index is 4.39. The van der Waals surface area contributed by atoms with E-state index in [4.69, 9.17) is 0 Å². The minimum absolute atomic E-state index is 0.477. The molecule has 1 aliphatic heterocycles. The molecule has 0 amide bonds. The van der Waals surface area contributed by atoms with Crippen LogP contribution in [0.5, 0.6) is 0 Å². The predicted molar refractivity (Wildman–Crippen MR) is 56.4 cm³/mol. The van der Waals surface area contributed by atoms with E-state index in [1.807, 2.05) is 6.07 Å². The van der Waals surface area contributed by atoms with Crippen molar-refractivity contribution in [2.45, 2.75) is 19.4 Å². The second-order valence-corrected chi connectivity index (χ2v) is 3.31. The smallest absolute Gasteiger partial charge is 0.129 e. The largest absolute Gasteiger partial charge is 0.331 e. The van der Waals surface area contributed by atoms with Crippen molar-refractivity contribution in [2.24, 2.45) is 4.99 Å². The van der Waals surface area contributed by atoms with Crippen LogP contribution >= 0.6 is 0 Å². The number of aliphatic imine (C=N–C) groups is 1. The Morgan fingerprint density at radius 1 is 1.31 bits per heavy atom. The number of likely N-dealkylation sites (N-methyl/N-ethyl adjacent to an activating group) is 1. The first kappa shape index (κ1) is 8.30. The van der Waals surface area contributed by atoms with E-state index in [1.54, 1.807) is 0 Å². The molecule has 0 bridgehead atoms. The van der Waals surface area contributed by atoms with Crippen molar-refractivity contribution in [2.75, 3.05) is 11.9 Å². The summed E-state index contributed by atoms with van der Waals surface area (Å²) in [6.07, 6.45) is 1.12. The fraction of sp³-hybridized carbons (Fsp3) is 0.364. The van der Waals surface area contributed by atoms with Crippen LogP contribution in [0, 0.1) is 0 Å². The molecular formula is C11H14N2. The summed E-state index contributed by atoms with van der Waals surface area (Å²) in [6, 6.07) is 10.8. The number of benzene rings is 1. The van der Waals surface area contributed by atoms with Gasteiger partial charge in [-0.15, -0.1) is 0 Å². The number of hydrogen-bond acceptors (Lipinski definition) is 2. The van der Waals surface area contributed by atoms with Crippen LogP contribution in [0.2, 0.25) is 0 Å². The van der Waals surface area contributed by atoms with Crippen molar-refractivity contribution < 1.29 is 0 Å². The molecule has 2 nitrogen and oxygen atoms in total. The van der Waals surface area contributed by atoms with Crippen LogP contribution in [0.15, 0.2) is 35.3 Å². The van der Waals surface area contributed by atoms with Crippen molar-refractivity contribution in [3.8, 4) is 0 Å². The van der Waals surface area contributed by atoms with Gasteiger partial charge in [0.1, 0.15) is 11.9 Å². The molecule has 1 aromatic carbocycles. The highest BCUT2D eigenvalue weighted by molar-refractivity contribution is 6.09. The van der Waals surface area contributed by atoms with Gasteiger partial charge in [0.05, 0.1) is 0 Å². The molecule has 0 radical (unpaired) electrons. The molecule has 2 heteroatoms. The number of anilines is 1. The van der Waals surface area contributed by atoms with Crippen LogP contribution < -0.4 is 4.90 Å². The lowest BCUT2D eigenvalue weighted by Gasteiger charge is -2.14. The minimum Gasteiger partial charge on any atom is -0.331 e. The third kappa shape index (κ3) is 1.57. The van der Waals surface area contributed by atoms with E-state index in [1.165, 1.54) is 11.5 Å². The lowest BCUT2D eigenvalue weighted by Crippen LogP contribution is -2.22. The molecule has 1 aromatic rings. The van der Waals surface area contributed by atoms with Gasteiger partial charge >= 0.3 is 0 Å². The van der Waals surface area contributed by atoms with Gasteiger partial charge in [0, 0.05) is 12.7 Å². The quantitative estimate of drug-likeness (QED) is 0.671. The molecule has 0 saturated heterocycles. The Kier molecular flexibility index (Phi) is 2.05. The van der Waals surface area contributed by atoms with E-state index in [9.17, 15) is 0 Å². The van der Waals surface area contributed by atoms with Crippen LogP contribution in [-0.2, 0) is 0 Å². The second-order valence-electron chi connectivity index (χ2n) is 3.31. The fourth-order valence-corrected chi connectivity index (χ4v) is 1.49. The Bertz CT molecular complexity index is 316. The summed E-state index contributed by atoms with van der Waals surface area (Å²) in [4.78, 5) is 6.55. The van der Waals surface area contributed by atoms with E-state index in [2.05, 4.69) is 48.1 Å². The van der Waals surface area contributed by atoms with Gasteiger partial charge in [-0.05, 0) is 18.6 Å². The first-order valence-electron chi connectivity index (χ1n) is 4.69. The number of amidine groups is 1. The molecule has 1 aliphatic rings. The molecule has 2 rings (SSSR count). The van der Waals surface area contributed by atoms with Crippen LogP contribution in [-0.4, -0.2) is 18.9 Å². The van der Waals surface area contributed by atoms with Crippen molar-refractivity contribution in [1.29, 1.82) is 0 Å². The first-order chi connectivity index (χ1) is 6.33. The minimum atomic E-state index is 0.477. The van der Waals surface area contributed by atoms with E-state index < -0.39 is 0 Å². The summed E-state index contributed by atoms with van der Waals surface area (Å²) in [5.74, 6) is 1.22. The SMILES string of the molecule is CCC1N=C1N(C)c1ccccc1. The van der Waals surface area contributed by atoms with E-state index in [-0.39, 0.29) is 0 Å². The van der Waals surface area contributed by atoms with Gasteiger partial charge < -0.3 is 4.90 Å². The Balaban J connectivity index is 2.07. The highest BCUT2D eigenvalue weighted by atomic mass is 15.3. The van der Waals surface area contributed by atoms with Gasteiger partial charge in [-0.3, -0.25) is 4.99 Å². The number of nitrogens with zero attached hydrogens (tertiary/aromatic N) is 2. The molecule has 0 fully saturated rings. The zero-order valence-corrected chi connectivity index (χ0v) is 8.07. The fourth-order valence-electron chi connectivity index (χ4n) is 1.49. The summed E-state index contributed by atoms with van der Waals surface area (Å²) in [5, 5.41) is 0. The van der Waals surface area contributed by atoms with Gasteiger partial charge in [-0.25, -0.2) is 0 Å². The Hall–Kier alpha value is -1.31. The average molecular weight is 174 g/mol. The number of rotatable bonds is 2. The molecule has 1 unspecified atom stereocenters. The Morgan fingerprint density at radius 3 is 2.54 bits per heavy atom. The van der Waals surface area contributed by atoms with Crippen LogP contribution in [0.4, 0.5) is 5.69 Å². The average Bonchev–Trinajstić information content (AvgIpc) is 2.97.